The molecule has 0 bridgehead atoms. The van der Waals surface area contributed by atoms with Gasteiger partial charge in [0.15, 0.2) is 0 Å². The van der Waals surface area contributed by atoms with E-state index in [1.807, 2.05) is 13.8 Å². The number of carbonyl (C=O) groups is 1. The topological polar surface area (TPSA) is 41.6 Å². The van der Waals surface area contributed by atoms with Crippen LogP contribution in [0, 0.1) is 0 Å². The Bertz CT molecular complexity index is 819. The summed E-state index contributed by atoms with van der Waals surface area (Å²) in [5.74, 6) is 1.59. The summed E-state index contributed by atoms with van der Waals surface area (Å²) in [6.07, 6.45) is 6.44. The number of hydrogen-bond donors (Lipinski definition) is 1. The maximum absolute atomic E-state index is 12.1. The lowest BCUT2D eigenvalue weighted by Crippen LogP contribution is -2.32. The molecule has 1 amide bonds. The molecule has 1 atom stereocenters. The van der Waals surface area contributed by atoms with Gasteiger partial charge in [-0.2, -0.15) is 0 Å². The molecule has 1 aliphatic carbocycles. The van der Waals surface area contributed by atoms with Gasteiger partial charge in [0, 0.05) is 25.3 Å². The summed E-state index contributed by atoms with van der Waals surface area (Å²) in [5.41, 5.74) is 3.78. The molecule has 4 rings (SSSR count). The number of ether oxygens (including phenoxy) is 1. The van der Waals surface area contributed by atoms with Crippen LogP contribution in [0.3, 0.4) is 0 Å². The fourth-order valence-electron chi connectivity index (χ4n) is 4.42. The molecule has 0 radical (unpaired) electrons. The van der Waals surface area contributed by atoms with Gasteiger partial charge in [-0.15, -0.1) is 0 Å². The summed E-state index contributed by atoms with van der Waals surface area (Å²) >= 11 is 0. The van der Waals surface area contributed by atoms with Crippen molar-refractivity contribution in [3.8, 4) is 5.75 Å². The van der Waals surface area contributed by atoms with Crippen LogP contribution in [-0.4, -0.2) is 31.6 Å². The lowest BCUT2D eigenvalue weighted by Gasteiger charge is -2.34. The zero-order chi connectivity index (χ0) is 20.9. The van der Waals surface area contributed by atoms with Crippen LogP contribution in [0.25, 0.3) is 0 Å². The Morgan fingerprint density at radius 3 is 2.27 bits per heavy atom. The molecule has 4 heteroatoms. The molecule has 0 spiro atoms. The molecule has 2 fully saturated rings. The highest BCUT2D eigenvalue weighted by molar-refractivity contribution is 5.83. The van der Waals surface area contributed by atoms with Gasteiger partial charge in [0.2, 0.25) is 5.91 Å². The van der Waals surface area contributed by atoms with Gasteiger partial charge in [0.1, 0.15) is 5.75 Å². The van der Waals surface area contributed by atoms with Gasteiger partial charge in [-0.3, -0.25) is 4.79 Å². The van der Waals surface area contributed by atoms with E-state index in [0.717, 1.165) is 37.2 Å². The second-order valence-corrected chi connectivity index (χ2v) is 8.71. The molecule has 2 aromatic carbocycles. The number of rotatable bonds is 7. The van der Waals surface area contributed by atoms with Crippen LogP contribution in [0.5, 0.6) is 5.75 Å². The minimum atomic E-state index is -0.0999. The van der Waals surface area contributed by atoms with Crippen molar-refractivity contribution in [2.75, 3.05) is 24.5 Å². The molecular weight excluding hydrogens is 372 g/mol. The SMILES string of the molecule is CCNC(=O)C(C)c1ccc(C2CCN(c3ccc(OC4CCC4)cc3)CC2)cc1. The average Bonchev–Trinajstić information content (AvgIpc) is 2.77. The standard InChI is InChI=1S/C26H34N2O2/c1-3-27-26(29)19(2)20-7-9-21(10-8-20)22-15-17-28(18-16-22)23-11-13-25(14-12-23)30-24-5-4-6-24/h7-14,19,22,24H,3-6,15-18H2,1-2H3,(H,27,29). The second-order valence-electron chi connectivity index (χ2n) is 8.71. The first-order chi connectivity index (χ1) is 14.6. The van der Waals surface area contributed by atoms with Crippen LogP contribution in [0.2, 0.25) is 0 Å². The van der Waals surface area contributed by atoms with E-state index in [-0.39, 0.29) is 11.8 Å². The molecule has 0 aromatic heterocycles. The van der Waals surface area contributed by atoms with Gasteiger partial charge in [-0.05, 0) is 87.3 Å². The number of hydrogen-bond acceptors (Lipinski definition) is 3. The maximum atomic E-state index is 12.1. The number of likely N-dealkylation sites (N-methyl/N-ethyl adjacent to an activating group) is 1. The molecule has 1 N–H and O–H groups in total. The van der Waals surface area contributed by atoms with Gasteiger partial charge in [-0.25, -0.2) is 0 Å². The minimum Gasteiger partial charge on any atom is -0.490 e. The number of nitrogens with zero attached hydrogens (tertiary/aromatic N) is 1. The second kappa shape index (κ2) is 9.55. The number of anilines is 1. The first-order valence-corrected chi connectivity index (χ1v) is 11.5. The Hall–Kier alpha value is -2.49. The molecule has 2 aliphatic rings. The Kier molecular flexibility index (Phi) is 6.61. The first-order valence-electron chi connectivity index (χ1n) is 11.5. The van der Waals surface area contributed by atoms with E-state index >= 15 is 0 Å². The predicted molar refractivity (Wildman–Crippen MR) is 122 cm³/mol. The van der Waals surface area contributed by atoms with E-state index in [2.05, 4.69) is 58.7 Å². The third-order valence-corrected chi connectivity index (χ3v) is 6.70. The lowest BCUT2D eigenvalue weighted by molar-refractivity contribution is -0.122. The van der Waals surface area contributed by atoms with Gasteiger partial charge >= 0.3 is 0 Å². The zero-order valence-electron chi connectivity index (χ0n) is 18.3. The first kappa shape index (κ1) is 20.8. The third kappa shape index (κ3) is 4.80. The van der Waals surface area contributed by atoms with Crippen LogP contribution in [0.1, 0.15) is 68.9 Å². The van der Waals surface area contributed by atoms with Crippen LogP contribution >= 0.6 is 0 Å². The monoisotopic (exact) mass is 406 g/mol. The maximum Gasteiger partial charge on any atom is 0.227 e. The van der Waals surface area contributed by atoms with Crippen molar-refractivity contribution in [2.24, 2.45) is 0 Å². The molecule has 1 saturated carbocycles. The smallest absolute Gasteiger partial charge is 0.227 e. The number of carbonyl (C=O) groups excluding carboxylic acids is 1. The number of piperidine rings is 1. The largest absolute Gasteiger partial charge is 0.490 e. The average molecular weight is 407 g/mol. The summed E-state index contributed by atoms with van der Waals surface area (Å²) < 4.78 is 5.98. The molecule has 4 nitrogen and oxygen atoms in total. The molecule has 2 aromatic rings. The predicted octanol–water partition coefficient (Wildman–Crippen LogP) is 5.24. The lowest BCUT2D eigenvalue weighted by atomic mass is 9.87. The van der Waals surface area contributed by atoms with E-state index in [9.17, 15) is 4.79 Å². The van der Waals surface area contributed by atoms with Gasteiger partial charge < -0.3 is 15.0 Å². The Morgan fingerprint density at radius 1 is 1.03 bits per heavy atom. The van der Waals surface area contributed by atoms with Gasteiger partial charge in [0.05, 0.1) is 12.0 Å². The van der Waals surface area contributed by atoms with E-state index in [4.69, 9.17) is 4.74 Å². The van der Waals surface area contributed by atoms with Crippen LogP contribution in [-0.2, 0) is 4.79 Å². The van der Waals surface area contributed by atoms with Crippen LogP contribution in [0.15, 0.2) is 48.5 Å². The van der Waals surface area contributed by atoms with E-state index in [0.29, 0.717) is 18.6 Å². The Labute approximate surface area is 180 Å². The highest BCUT2D eigenvalue weighted by atomic mass is 16.5. The van der Waals surface area contributed by atoms with Gasteiger partial charge in [0.25, 0.3) is 0 Å². The quantitative estimate of drug-likeness (QED) is 0.683. The number of benzene rings is 2. The Morgan fingerprint density at radius 2 is 1.70 bits per heavy atom. The molecule has 1 unspecified atom stereocenters. The highest BCUT2D eigenvalue weighted by Gasteiger charge is 2.22. The zero-order valence-corrected chi connectivity index (χ0v) is 18.3. The normalized spacial score (nSPS) is 18.5. The molecular formula is C26H34N2O2. The fraction of sp³-hybridized carbons (Fsp3) is 0.500. The summed E-state index contributed by atoms with van der Waals surface area (Å²) in [7, 11) is 0. The van der Waals surface area contributed by atoms with E-state index in [1.54, 1.807) is 0 Å². The number of nitrogens with one attached hydrogen (secondary N) is 1. The molecule has 1 heterocycles. The molecule has 1 saturated heterocycles. The van der Waals surface area contributed by atoms with Crippen LogP contribution in [0.4, 0.5) is 5.69 Å². The van der Waals surface area contributed by atoms with Gasteiger partial charge in [-0.1, -0.05) is 24.3 Å². The van der Waals surface area contributed by atoms with Crippen molar-refractivity contribution in [3.63, 3.8) is 0 Å². The van der Waals surface area contributed by atoms with E-state index < -0.39 is 0 Å². The molecule has 1 aliphatic heterocycles. The Balaban J connectivity index is 1.30. The third-order valence-electron chi connectivity index (χ3n) is 6.70. The summed E-state index contributed by atoms with van der Waals surface area (Å²) in [4.78, 5) is 14.5. The summed E-state index contributed by atoms with van der Waals surface area (Å²) in [6.45, 7) is 6.75. The van der Waals surface area contributed by atoms with Crippen molar-refractivity contribution in [1.82, 2.24) is 5.32 Å². The van der Waals surface area contributed by atoms with Crippen molar-refractivity contribution in [3.05, 3.63) is 59.7 Å². The summed E-state index contributed by atoms with van der Waals surface area (Å²) in [6, 6.07) is 17.3. The highest BCUT2D eigenvalue weighted by Crippen LogP contribution is 2.32. The molecule has 160 valence electrons. The molecule has 30 heavy (non-hydrogen) atoms. The van der Waals surface area contributed by atoms with Crippen molar-refractivity contribution in [2.45, 2.75) is 63.9 Å². The van der Waals surface area contributed by atoms with Crippen molar-refractivity contribution in [1.29, 1.82) is 0 Å². The fourth-order valence-corrected chi connectivity index (χ4v) is 4.42. The van der Waals surface area contributed by atoms with Crippen LogP contribution < -0.4 is 15.0 Å². The number of amides is 1. The summed E-state index contributed by atoms with van der Waals surface area (Å²) in [5, 5.41) is 2.91. The van der Waals surface area contributed by atoms with Crippen molar-refractivity contribution >= 4 is 11.6 Å². The minimum absolute atomic E-state index is 0.0997. The van der Waals surface area contributed by atoms with Crippen molar-refractivity contribution < 1.29 is 9.53 Å². The van der Waals surface area contributed by atoms with E-state index in [1.165, 1.54) is 30.5 Å².